The SMILES string of the molecule is CC1CCCC(C)N1C(=O)c1c[nH]c(=O)cc1O. The number of hydrogen-bond acceptors (Lipinski definition) is 3. The predicted molar refractivity (Wildman–Crippen MR) is 67.7 cm³/mol. The zero-order valence-corrected chi connectivity index (χ0v) is 10.6. The summed E-state index contributed by atoms with van der Waals surface area (Å²) in [6.45, 7) is 4.02. The molecule has 1 aliphatic rings. The summed E-state index contributed by atoms with van der Waals surface area (Å²) in [7, 11) is 0. The maximum Gasteiger partial charge on any atom is 0.259 e. The molecule has 18 heavy (non-hydrogen) atoms. The van der Waals surface area contributed by atoms with Gasteiger partial charge in [-0.1, -0.05) is 0 Å². The van der Waals surface area contributed by atoms with E-state index in [1.54, 1.807) is 4.90 Å². The van der Waals surface area contributed by atoms with Gasteiger partial charge in [-0.2, -0.15) is 0 Å². The summed E-state index contributed by atoms with van der Waals surface area (Å²) >= 11 is 0. The molecule has 1 fully saturated rings. The van der Waals surface area contributed by atoms with Crippen molar-refractivity contribution in [2.75, 3.05) is 0 Å². The number of H-pyrrole nitrogens is 1. The fourth-order valence-corrected chi connectivity index (χ4v) is 2.59. The average Bonchev–Trinajstić information content (AvgIpc) is 2.28. The third-order valence-corrected chi connectivity index (χ3v) is 3.56. The highest BCUT2D eigenvalue weighted by molar-refractivity contribution is 5.96. The highest BCUT2D eigenvalue weighted by Crippen LogP contribution is 2.26. The molecule has 5 heteroatoms. The van der Waals surface area contributed by atoms with Crippen molar-refractivity contribution < 1.29 is 9.90 Å². The number of rotatable bonds is 1. The zero-order valence-electron chi connectivity index (χ0n) is 10.6. The van der Waals surface area contributed by atoms with Crippen LogP contribution in [0.4, 0.5) is 0 Å². The molecule has 2 unspecified atom stereocenters. The molecule has 0 radical (unpaired) electrons. The van der Waals surface area contributed by atoms with Gasteiger partial charge >= 0.3 is 0 Å². The number of likely N-dealkylation sites (tertiary alicyclic amines) is 1. The number of aromatic hydroxyl groups is 1. The monoisotopic (exact) mass is 250 g/mol. The van der Waals surface area contributed by atoms with Crippen molar-refractivity contribution >= 4 is 5.91 Å². The van der Waals surface area contributed by atoms with Crippen LogP contribution in [0.5, 0.6) is 5.75 Å². The van der Waals surface area contributed by atoms with Gasteiger partial charge in [0.1, 0.15) is 5.75 Å². The lowest BCUT2D eigenvalue weighted by molar-refractivity contribution is 0.0507. The molecule has 1 aromatic rings. The molecule has 2 rings (SSSR count). The largest absolute Gasteiger partial charge is 0.507 e. The van der Waals surface area contributed by atoms with E-state index in [1.807, 2.05) is 13.8 Å². The zero-order chi connectivity index (χ0) is 13.3. The Morgan fingerprint density at radius 1 is 1.39 bits per heavy atom. The fourth-order valence-electron chi connectivity index (χ4n) is 2.59. The fraction of sp³-hybridized carbons (Fsp3) is 0.538. The van der Waals surface area contributed by atoms with E-state index in [9.17, 15) is 14.7 Å². The second-order valence-corrected chi connectivity index (χ2v) is 4.94. The maximum atomic E-state index is 12.4. The number of aromatic amines is 1. The van der Waals surface area contributed by atoms with Gasteiger partial charge in [-0.25, -0.2) is 0 Å². The third kappa shape index (κ3) is 2.25. The third-order valence-electron chi connectivity index (χ3n) is 3.56. The molecule has 0 saturated carbocycles. The number of piperidine rings is 1. The van der Waals surface area contributed by atoms with Crippen molar-refractivity contribution in [2.24, 2.45) is 0 Å². The predicted octanol–water partition coefficient (Wildman–Crippen LogP) is 1.48. The number of nitrogens with one attached hydrogen (secondary N) is 1. The molecule has 0 aliphatic carbocycles. The second-order valence-electron chi connectivity index (χ2n) is 4.94. The van der Waals surface area contributed by atoms with Gasteiger partial charge in [0.25, 0.3) is 11.5 Å². The smallest absolute Gasteiger partial charge is 0.259 e. The minimum absolute atomic E-state index is 0.160. The second kappa shape index (κ2) is 4.84. The Bertz CT molecular complexity index is 499. The van der Waals surface area contributed by atoms with E-state index in [0.717, 1.165) is 25.3 Å². The van der Waals surface area contributed by atoms with Crippen LogP contribution >= 0.6 is 0 Å². The molecule has 0 spiro atoms. The molecule has 0 aromatic carbocycles. The Labute approximate surface area is 105 Å². The summed E-state index contributed by atoms with van der Waals surface area (Å²) in [6, 6.07) is 1.35. The first kappa shape index (κ1) is 12.7. The molecule has 1 amide bonds. The van der Waals surface area contributed by atoms with Crippen LogP contribution < -0.4 is 5.56 Å². The molecular weight excluding hydrogens is 232 g/mol. The molecule has 5 nitrogen and oxygen atoms in total. The molecule has 2 heterocycles. The summed E-state index contributed by atoms with van der Waals surface area (Å²) in [5.74, 6) is -0.475. The van der Waals surface area contributed by atoms with E-state index >= 15 is 0 Å². The number of carbonyl (C=O) groups is 1. The normalized spacial score (nSPS) is 24.0. The van der Waals surface area contributed by atoms with Crippen LogP contribution in [0.25, 0.3) is 0 Å². The Morgan fingerprint density at radius 2 is 2.00 bits per heavy atom. The quantitative estimate of drug-likeness (QED) is 0.793. The van der Waals surface area contributed by atoms with Crippen LogP contribution in [0, 0.1) is 0 Å². The molecule has 98 valence electrons. The Morgan fingerprint density at radius 3 is 2.56 bits per heavy atom. The number of aromatic nitrogens is 1. The minimum Gasteiger partial charge on any atom is -0.507 e. The number of amides is 1. The average molecular weight is 250 g/mol. The lowest BCUT2D eigenvalue weighted by Gasteiger charge is -2.39. The Hall–Kier alpha value is -1.78. The Kier molecular flexibility index (Phi) is 3.41. The summed E-state index contributed by atoms with van der Waals surface area (Å²) in [4.78, 5) is 27.6. The van der Waals surface area contributed by atoms with Gasteiger partial charge in [-0.05, 0) is 33.1 Å². The van der Waals surface area contributed by atoms with Gasteiger partial charge < -0.3 is 15.0 Å². The number of carbonyl (C=O) groups excluding carboxylic acids is 1. The summed E-state index contributed by atoms with van der Waals surface area (Å²) in [5, 5.41) is 9.70. The summed E-state index contributed by atoms with van der Waals surface area (Å²) in [6.07, 6.45) is 4.35. The highest BCUT2D eigenvalue weighted by Gasteiger charge is 2.30. The van der Waals surface area contributed by atoms with Crippen molar-refractivity contribution in [3.8, 4) is 5.75 Å². The van der Waals surface area contributed by atoms with Crippen molar-refractivity contribution in [3.05, 3.63) is 28.2 Å². The van der Waals surface area contributed by atoms with Gasteiger partial charge in [-0.3, -0.25) is 9.59 Å². The van der Waals surface area contributed by atoms with E-state index in [2.05, 4.69) is 4.98 Å². The molecule has 1 saturated heterocycles. The number of nitrogens with zero attached hydrogens (tertiary/aromatic N) is 1. The Balaban J connectivity index is 2.32. The number of pyridine rings is 1. The van der Waals surface area contributed by atoms with Crippen LogP contribution in [0.15, 0.2) is 17.1 Å². The standard InChI is InChI=1S/C13H18N2O3/c1-8-4-3-5-9(2)15(8)13(18)10-7-14-12(17)6-11(10)16/h6-9H,3-5H2,1-2H3,(H2,14,16,17). The molecular formula is C13H18N2O3. The van der Waals surface area contributed by atoms with Crippen LogP contribution in [0.2, 0.25) is 0 Å². The number of hydrogen-bond donors (Lipinski definition) is 2. The van der Waals surface area contributed by atoms with Crippen LogP contribution in [-0.4, -0.2) is 33.0 Å². The minimum atomic E-state index is -0.413. The van der Waals surface area contributed by atoms with E-state index in [1.165, 1.54) is 6.20 Å². The van der Waals surface area contributed by atoms with Gasteiger partial charge in [0.2, 0.25) is 0 Å². The van der Waals surface area contributed by atoms with Crippen molar-refractivity contribution in [2.45, 2.75) is 45.2 Å². The molecule has 1 aliphatic heterocycles. The van der Waals surface area contributed by atoms with Gasteiger partial charge in [0.05, 0.1) is 5.56 Å². The first-order chi connectivity index (χ1) is 8.50. The molecule has 2 N–H and O–H groups in total. The molecule has 1 aromatic heterocycles. The first-order valence-electron chi connectivity index (χ1n) is 6.25. The molecule has 2 atom stereocenters. The summed E-state index contributed by atoms with van der Waals surface area (Å²) in [5.41, 5.74) is -0.251. The van der Waals surface area contributed by atoms with E-state index in [0.29, 0.717) is 0 Å². The lowest BCUT2D eigenvalue weighted by Crippen LogP contribution is -2.47. The van der Waals surface area contributed by atoms with E-state index in [4.69, 9.17) is 0 Å². The van der Waals surface area contributed by atoms with Crippen LogP contribution in [0.1, 0.15) is 43.5 Å². The first-order valence-corrected chi connectivity index (χ1v) is 6.25. The van der Waals surface area contributed by atoms with Crippen molar-refractivity contribution in [3.63, 3.8) is 0 Å². The van der Waals surface area contributed by atoms with Gasteiger partial charge in [-0.15, -0.1) is 0 Å². The highest BCUT2D eigenvalue weighted by atomic mass is 16.3. The van der Waals surface area contributed by atoms with Gasteiger partial charge in [0.15, 0.2) is 0 Å². The molecule has 0 bridgehead atoms. The van der Waals surface area contributed by atoms with Crippen LogP contribution in [-0.2, 0) is 0 Å². The maximum absolute atomic E-state index is 12.4. The van der Waals surface area contributed by atoms with Gasteiger partial charge in [0, 0.05) is 24.3 Å². The van der Waals surface area contributed by atoms with E-state index < -0.39 is 5.56 Å². The van der Waals surface area contributed by atoms with Crippen LogP contribution in [0.3, 0.4) is 0 Å². The van der Waals surface area contributed by atoms with Crippen molar-refractivity contribution in [1.29, 1.82) is 0 Å². The lowest BCUT2D eigenvalue weighted by atomic mass is 9.96. The van der Waals surface area contributed by atoms with Crippen molar-refractivity contribution in [1.82, 2.24) is 9.88 Å². The summed E-state index contributed by atoms with van der Waals surface area (Å²) < 4.78 is 0. The van der Waals surface area contributed by atoms with E-state index in [-0.39, 0.29) is 29.3 Å². The topological polar surface area (TPSA) is 73.4 Å².